The molecule has 3 aromatic rings. The van der Waals surface area contributed by atoms with Crippen molar-refractivity contribution >= 4 is 15.7 Å². The van der Waals surface area contributed by atoms with Crippen LogP contribution in [0.5, 0.6) is 0 Å². The Morgan fingerprint density at radius 3 is 2.59 bits per heavy atom. The van der Waals surface area contributed by atoms with Gasteiger partial charge in [-0.2, -0.15) is 5.10 Å². The number of aromatic nitrogens is 3. The molecule has 1 aliphatic heterocycles. The molecular formula is C21H18N4O3S. The van der Waals surface area contributed by atoms with Crippen molar-refractivity contribution in [1.82, 2.24) is 19.7 Å². The molecule has 1 atom stereocenters. The van der Waals surface area contributed by atoms with Crippen molar-refractivity contribution in [3.05, 3.63) is 72.8 Å². The zero-order valence-corrected chi connectivity index (χ0v) is 16.3. The molecule has 0 aliphatic carbocycles. The number of nitrogens with zero attached hydrogens (tertiary/aromatic N) is 4. The number of pyridine rings is 1. The minimum atomic E-state index is -3.46. The van der Waals surface area contributed by atoms with Crippen LogP contribution in [0.3, 0.4) is 0 Å². The third-order valence-electron chi connectivity index (χ3n) is 4.59. The van der Waals surface area contributed by atoms with Crippen LogP contribution in [0, 0.1) is 11.2 Å². The monoisotopic (exact) mass is 406 g/mol. The molecule has 0 unspecified atom stereocenters. The Hall–Kier alpha value is -3.44. The molecule has 0 bridgehead atoms. The van der Waals surface area contributed by atoms with Gasteiger partial charge in [0.25, 0.3) is 0 Å². The first-order valence-electron chi connectivity index (χ1n) is 9.01. The van der Waals surface area contributed by atoms with E-state index in [2.05, 4.69) is 21.3 Å². The van der Waals surface area contributed by atoms with E-state index in [4.69, 9.17) is 0 Å². The number of carbonyl (C=O) groups excluding carboxylic acids is 1. The van der Waals surface area contributed by atoms with Gasteiger partial charge in [-0.05, 0) is 23.3 Å². The fraction of sp³-hybridized carbons (Fsp3) is 0.190. The largest absolute Gasteiger partial charge is 0.322 e. The van der Waals surface area contributed by atoms with E-state index in [1.807, 2.05) is 30.3 Å². The molecular weight excluding hydrogens is 388 g/mol. The van der Waals surface area contributed by atoms with Crippen molar-refractivity contribution in [2.75, 3.05) is 5.75 Å². The van der Waals surface area contributed by atoms with Crippen molar-refractivity contribution in [3.8, 4) is 22.3 Å². The van der Waals surface area contributed by atoms with E-state index < -0.39 is 15.9 Å². The van der Waals surface area contributed by atoms with Crippen LogP contribution >= 0.6 is 0 Å². The fourth-order valence-corrected chi connectivity index (χ4v) is 4.21. The highest BCUT2D eigenvalue weighted by molar-refractivity contribution is 7.96. The number of benzene rings is 1. The maximum Gasteiger partial charge on any atom is 0.245 e. The predicted octanol–water partition coefficient (Wildman–Crippen LogP) is 1.73. The van der Waals surface area contributed by atoms with E-state index in [-0.39, 0.29) is 24.7 Å². The van der Waals surface area contributed by atoms with Gasteiger partial charge in [-0.3, -0.25) is 14.5 Å². The summed E-state index contributed by atoms with van der Waals surface area (Å²) in [6.07, 6.45) is 6.77. The molecule has 0 saturated carbocycles. The maximum absolute atomic E-state index is 13.0. The summed E-state index contributed by atoms with van der Waals surface area (Å²) in [4.78, 5) is 18.5. The van der Waals surface area contributed by atoms with Gasteiger partial charge < -0.3 is 4.90 Å². The van der Waals surface area contributed by atoms with Crippen molar-refractivity contribution in [2.45, 2.75) is 19.1 Å². The molecule has 1 aromatic carbocycles. The number of amides is 1. The molecule has 7 nitrogen and oxygen atoms in total. The van der Waals surface area contributed by atoms with Gasteiger partial charge in [-0.1, -0.05) is 36.3 Å². The molecule has 0 saturated heterocycles. The average Bonchev–Trinajstić information content (AvgIpc) is 3.33. The van der Waals surface area contributed by atoms with Gasteiger partial charge in [-0.15, -0.1) is 0 Å². The Balaban J connectivity index is 1.54. The van der Waals surface area contributed by atoms with Gasteiger partial charge in [0, 0.05) is 36.0 Å². The fourth-order valence-electron chi connectivity index (χ4n) is 3.13. The summed E-state index contributed by atoms with van der Waals surface area (Å²) in [7, 11) is -3.46. The van der Waals surface area contributed by atoms with Crippen LogP contribution in [0.1, 0.15) is 5.56 Å². The second-order valence-corrected chi connectivity index (χ2v) is 8.48. The lowest BCUT2D eigenvalue weighted by Crippen LogP contribution is -2.42. The van der Waals surface area contributed by atoms with Crippen LogP contribution < -0.4 is 0 Å². The van der Waals surface area contributed by atoms with E-state index >= 15 is 0 Å². The minimum absolute atomic E-state index is 0.00382. The van der Waals surface area contributed by atoms with Gasteiger partial charge >= 0.3 is 0 Å². The molecule has 0 spiro atoms. The Labute approximate surface area is 168 Å². The van der Waals surface area contributed by atoms with Gasteiger partial charge in [0.1, 0.15) is 12.6 Å². The number of carbonyl (C=O) groups is 1. The Morgan fingerprint density at radius 1 is 1.14 bits per heavy atom. The first kappa shape index (κ1) is 18.9. The van der Waals surface area contributed by atoms with E-state index in [0.29, 0.717) is 0 Å². The third-order valence-corrected chi connectivity index (χ3v) is 5.78. The summed E-state index contributed by atoms with van der Waals surface area (Å²) >= 11 is 0. The first-order chi connectivity index (χ1) is 14.0. The molecule has 1 aliphatic rings. The first-order valence-corrected chi connectivity index (χ1v) is 10.7. The average molecular weight is 406 g/mol. The summed E-state index contributed by atoms with van der Waals surface area (Å²) in [5.74, 6) is 2.23. The van der Waals surface area contributed by atoms with Crippen molar-refractivity contribution in [3.63, 3.8) is 0 Å². The number of rotatable bonds is 6. The summed E-state index contributed by atoms with van der Waals surface area (Å²) in [6.45, 7) is 0.249. The Bertz CT molecular complexity index is 1180. The van der Waals surface area contributed by atoms with Crippen LogP contribution in [-0.2, 0) is 27.7 Å². The minimum Gasteiger partial charge on any atom is -0.322 e. The lowest BCUT2D eigenvalue weighted by atomic mass is 10.1. The highest BCUT2D eigenvalue weighted by Gasteiger charge is 2.30. The van der Waals surface area contributed by atoms with Gasteiger partial charge in [0.05, 0.1) is 11.9 Å². The summed E-state index contributed by atoms with van der Waals surface area (Å²) in [5, 5.41) is 6.53. The summed E-state index contributed by atoms with van der Waals surface area (Å²) in [6, 6.07) is 12.7. The van der Waals surface area contributed by atoms with Crippen LogP contribution in [0.15, 0.2) is 67.3 Å². The third kappa shape index (κ3) is 4.52. The highest BCUT2D eigenvalue weighted by Crippen LogP contribution is 2.18. The quantitative estimate of drug-likeness (QED) is 0.460. The second kappa shape index (κ2) is 7.89. The van der Waals surface area contributed by atoms with Gasteiger partial charge in [-0.25, -0.2) is 8.42 Å². The van der Waals surface area contributed by atoms with E-state index in [9.17, 15) is 13.2 Å². The molecule has 0 N–H and O–H groups in total. The maximum atomic E-state index is 13.0. The lowest BCUT2D eigenvalue weighted by Gasteiger charge is -2.26. The molecule has 0 fully saturated rings. The van der Waals surface area contributed by atoms with Crippen LogP contribution in [0.4, 0.5) is 0 Å². The molecule has 4 rings (SSSR count). The Kier molecular flexibility index (Phi) is 5.14. The predicted molar refractivity (Wildman–Crippen MR) is 108 cm³/mol. The highest BCUT2D eigenvalue weighted by atomic mass is 32.2. The van der Waals surface area contributed by atoms with Crippen molar-refractivity contribution in [1.29, 1.82) is 0 Å². The van der Waals surface area contributed by atoms with Crippen LogP contribution in [0.2, 0.25) is 0 Å². The zero-order valence-electron chi connectivity index (χ0n) is 15.5. The van der Waals surface area contributed by atoms with Gasteiger partial charge in [0.15, 0.2) is 0 Å². The van der Waals surface area contributed by atoms with E-state index in [0.717, 1.165) is 16.7 Å². The molecule has 8 heteroatoms. The van der Waals surface area contributed by atoms with Crippen molar-refractivity contribution < 1.29 is 13.2 Å². The van der Waals surface area contributed by atoms with Crippen LogP contribution in [0.25, 0.3) is 11.1 Å². The normalized spacial score (nSPS) is 16.8. The lowest BCUT2D eigenvalue weighted by molar-refractivity contribution is -0.133. The Morgan fingerprint density at radius 2 is 1.90 bits per heavy atom. The second-order valence-electron chi connectivity index (χ2n) is 6.71. The topological polar surface area (TPSA) is 85.2 Å². The molecule has 3 heterocycles. The zero-order chi connectivity index (χ0) is 20.3. The van der Waals surface area contributed by atoms with Crippen LogP contribution in [-0.4, -0.2) is 45.8 Å². The molecule has 0 radical (unpaired) electrons. The molecule has 29 heavy (non-hydrogen) atoms. The SMILES string of the molecule is O=C(Cn1cc(-c2ccccc2)cn1)N(Cc1ccncc1)[C@H]1C#CS(=O)(=O)C1. The van der Waals surface area contributed by atoms with E-state index in [1.165, 1.54) is 4.90 Å². The van der Waals surface area contributed by atoms with E-state index in [1.54, 1.807) is 41.6 Å². The number of hydrogen-bond donors (Lipinski definition) is 0. The summed E-state index contributed by atoms with van der Waals surface area (Å²) < 4.78 is 25.2. The molecule has 2 aromatic heterocycles. The summed E-state index contributed by atoms with van der Waals surface area (Å²) in [5.41, 5.74) is 2.76. The number of hydrogen-bond acceptors (Lipinski definition) is 5. The van der Waals surface area contributed by atoms with Gasteiger partial charge in [0.2, 0.25) is 15.7 Å². The number of sulfone groups is 1. The standard InChI is InChI=1S/C21H18N4O3S/c26-21(15-24-14-19(12-23-24)18-4-2-1-3-5-18)25(13-17-6-9-22-10-7-17)20-8-11-29(27,28)16-20/h1-7,9-10,12,14,20H,13,15-16H2/t20-/m0/s1. The molecule has 146 valence electrons. The molecule has 1 amide bonds. The smallest absolute Gasteiger partial charge is 0.245 e. The van der Waals surface area contributed by atoms with Crippen molar-refractivity contribution in [2.24, 2.45) is 0 Å².